The Hall–Kier alpha value is -3.48. The van der Waals surface area contributed by atoms with Crippen molar-refractivity contribution in [3.05, 3.63) is 61.4 Å². The topological polar surface area (TPSA) is 65.6 Å². The molecule has 0 saturated carbocycles. The Bertz CT molecular complexity index is 1060. The molecule has 28 heavy (non-hydrogen) atoms. The molecule has 4 aromatic rings. The summed E-state index contributed by atoms with van der Waals surface area (Å²) in [6, 6.07) is 9.86. The highest BCUT2D eigenvalue weighted by Gasteiger charge is 2.11. The molecule has 0 amide bonds. The van der Waals surface area contributed by atoms with Crippen LogP contribution < -0.4 is 14.8 Å². The fraction of sp³-hybridized carbons (Fsp3) is 0.238. The van der Waals surface area contributed by atoms with E-state index >= 15 is 0 Å². The zero-order chi connectivity index (χ0) is 19.3. The Morgan fingerprint density at radius 2 is 2.00 bits per heavy atom. The summed E-state index contributed by atoms with van der Waals surface area (Å²) in [6.45, 7) is 1.83. The SMILES string of the molecule is COc1ccc(-c2cn3ccc(NCCCn4ccnc4)cc3n2)c(OC)c1. The Morgan fingerprint density at radius 3 is 2.79 bits per heavy atom. The second kappa shape index (κ2) is 8.04. The number of fused-ring (bicyclic) bond motifs is 1. The number of ether oxygens (including phenoxy) is 2. The maximum Gasteiger partial charge on any atom is 0.139 e. The number of aryl methyl sites for hydroxylation is 1. The fourth-order valence-electron chi connectivity index (χ4n) is 3.15. The molecule has 7 nitrogen and oxygen atoms in total. The average molecular weight is 377 g/mol. The first kappa shape index (κ1) is 17.9. The highest BCUT2D eigenvalue weighted by atomic mass is 16.5. The zero-order valence-electron chi connectivity index (χ0n) is 16.0. The van der Waals surface area contributed by atoms with Crippen LogP contribution in [-0.4, -0.2) is 39.7 Å². The molecule has 0 aliphatic rings. The lowest BCUT2D eigenvalue weighted by atomic mass is 10.1. The number of imidazole rings is 2. The van der Waals surface area contributed by atoms with Crippen LogP contribution in [0.4, 0.5) is 5.69 Å². The van der Waals surface area contributed by atoms with E-state index in [9.17, 15) is 0 Å². The minimum Gasteiger partial charge on any atom is -0.497 e. The molecule has 1 N–H and O–H groups in total. The first-order valence-corrected chi connectivity index (χ1v) is 9.17. The molecule has 0 aliphatic carbocycles. The molecule has 0 atom stereocenters. The summed E-state index contributed by atoms with van der Waals surface area (Å²) < 4.78 is 14.9. The van der Waals surface area contributed by atoms with Crippen molar-refractivity contribution in [1.29, 1.82) is 0 Å². The molecule has 3 heterocycles. The molecule has 0 aliphatic heterocycles. The summed E-state index contributed by atoms with van der Waals surface area (Å²) in [5.41, 5.74) is 3.73. The number of hydrogen-bond donors (Lipinski definition) is 1. The number of anilines is 1. The molecule has 0 fully saturated rings. The van der Waals surface area contributed by atoms with Crippen molar-refractivity contribution in [1.82, 2.24) is 18.9 Å². The summed E-state index contributed by atoms with van der Waals surface area (Å²) in [7, 11) is 3.29. The van der Waals surface area contributed by atoms with Gasteiger partial charge in [-0.15, -0.1) is 0 Å². The molecule has 0 unspecified atom stereocenters. The number of rotatable bonds is 8. The van der Waals surface area contributed by atoms with Gasteiger partial charge in [0, 0.05) is 61.3 Å². The molecule has 1 aromatic carbocycles. The van der Waals surface area contributed by atoms with Crippen LogP contribution in [0.3, 0.4) is 0 Å². The van der Waals surface area contributed by atoms with Crippen molar-refractivity contribution in [3.8, 4) is 22.8 Å². The molecule has 4 rings (SSSR count). The zero-order valence-corrected chi connectivity index (χ0v) is 16.0. The molecule has 144 valence electrons. The maximum atomic E-state index is 5.51. The third-order valence-electron chi connectivity index (χ3n) is 4.63. The van der Waals surface area contributed by atoms with Gasteiger partial charge in [0.2, 0.25) is 0 Å². The Morgan fingerprint density at radius 1 is 1.07 bits per heavy atom. The van der Waals surface area contributed by atoms with E-state index in [1.54, 1.807) is 20.4 Å². The average Bonchev–Trinajstić information content (AvgIpc) is 3.40. The lowest BCUT2D eigenvalue weighted by Crippen LogP contribution is -2.05. The van der Waals surface area contributed by atoms with Crippen LogP contribution in [0.15, 0.2) is 61.4 Å². The van der Waals surface area contributed by atoms with Crippen molar-refractivity contribution in [2.75, 3.05) is 26.1 Å². The van der Waals surface area contributed by atoms with Gasteiger partial charge in [0.1, 0.15) is 17.1 Å². The largest absolute Gasteiger partial charge is 0.497 e. The predicted octanol–water partition coefficient (Wildman–Crippen LogP) is 3.72. The third kappa shape index (κ3) is 3.78. The summed E-state index contributed by atoms with van der Waals surface area (Å²) >= 11 is 0. The number of methoxy groups -OCH3 is 2. The first-order valence-electron chi connectivity index (χ1n) is 9.17. The Labute approximate surface area is 163 Å². The summed E-state index contributed by atoms with van der Waals surface area (Å²) in [6.07, 6.45) is 10.7. The monoisotopic (exact) mass is 377 g/mol. The van der Waals surface area contributed by atoms with Crippen LogP contribution in [0.5, 0.6) is 11.5 Å². The van der Waals surface area contributed by atoms with Gasteiger partial charge in [-0.25, -0.2) is 9.97 Å². The molecule has 0 saturated heterocycles. The van der Waals surface area contributed by atoms with Crippen LogP contribution in [0.25, 0.3) is 16.9 Å². The van der Waals surface area contributed by atoms with E-state index in [1.807, 2.05) is 47.5 Å². The van der Waals surface area contributed by atoms with E-state index < -0.39 is 0 Å². The van der Waals surface area contributed by atoms with Gasteiger partial charge in [-0.05, 0) is 24.6 Å². The minimum absolute atomic E-state index is 0.737. The molecule has 3 aromatic heterocycles. The second-order valence-corrected chi connectivity index (χ2v) is 6.45. The molecule has 0 bridgehead atoms. The highest BCUT2D eigenvalue weighted by Crippen LogP contribution is 2.33. The summed E-state index contributed by atoms with van der Waals surface area (Å²) in [5.74, 6) is 1.49. The van der Waals surface area contributed by atoms with Gasteiger partial charge in [0.25, 0.3) is 0 Å². The highest BCUT2D eigenvalue weighted by molar-refractivity contribution is 5.71. The maximum absolute atomic E-state index is 5.51. The van der Waals surface area contributed by atoms with E-state index in [1.165, 1.54) is 0 Å². The summed E-state index contributed by atoms with van der Waals surface area (Å²) in [5, 5.41) is 3.46. The lowest BCUT2D eigenvalue weighted by molar-refractivity contribution is 0.395. The number of benzene rings is 1. The van der Waals surface area contributed by atoms with Crippen molar-refractivity contribution in [2.45, 2.75) is 13.0 Å². The molecular weight excluding hydrogens is 354 g/mol. The van der Waals surface area contributed by atoms with Crippen molar-refractivity contribution >= 4 is 11.3 Å². The van der Waals surface area contributed by atoms with Gasteiger partial charge in [-0.2, -0.15) is 0 Å². The molecule has 0 spiro atoms. The fourth-order valence-corrected chi connectivity index (χ4v) is 3.15. The quantitative estimate of drug-likeness (QED) is 0.474. The van der Waals surface area contributed by atoms with Crippen LogP contribution in [-0.2, 0) is 6.54 Å². The Balaban J connectivity index is 1.49. The number of hydrogen-bond acceptors (Lipinski definition) is 5. The number of nitrogens with zero attached hydrogens (tertiary/aromatic N) is 4. The predicted molar refractivity (Wildman–Crippen MR) is 109 cm³/mol. The van der Waals surface area contributed by atoms with E-state index in [2.05, 4.69) is 27.0 Å². The van der Waals surface area contributed by atoms with Crippen LogP contribution in [0.2, 0.25) is 0 Å². The van der Waals surface area contributed by atoms with E-state index in [-0.39, 0.29) is 0 Å². The van der Waals surface area contributed by atoms with Crippen molar-refractivity contribution in [2.24, 2.45) is 0 Å². The number of nitrogens with one attached hydrogen (secondary N) is 1. The smallest absolute Gasteiger partial charge is 0.139 e. The Kier molecular flexibility index (Phi) is 5.14. The third-order valence-corrected chi connectivity index (χ3v) is 4.63. The van der Waals surface area contributed by atoms with E-state index in [0.29, 0.717) is 0 Å². The van der Waals surface area contributed by atoms with Gasteiger partial charge >= 0.3 is 0 Å². The van der Waals surface area contributed by atoms with Crippen LogP contribution in [0.1, 0.15) is 6.42 Å². The van der Waals surface area contributed by atoms with Crippen LogP contribution >= 0.6 is 0 Å². The minimum atomic E-state index is 0.737. The molecule has 7 heteroatoms. The first-order chi connectivity index (χ1) is 13.8. The van der Waals surface area contributed by atoms with Crippen molar-refractivity contribution in [3.63, 3.8) is 0 Å². The van der Waals surface area contributed by atoms with Gasteiger partial charge in [0.05, 0.1) is 26.2 Å². The van der Waals surface area contributed by atoms with Gasteiger partial charge in [0.15, 0.2) is 0 Å². The number of aromatic nitrogens is 4. The normalized spacial score (nSPS) is 10.9. The van der Waals surface area contributed by atoms with E-state index in [0.717, 1.165) is 53.6 Å². The van der Waals surface area contributed by atoms with E-state index in [4.69, 9.17) is 14.5 Å². The van der Waals surface area contributed by atoms with Crippen LogP contribution in [0, 0.1) is 0 Å². The van der Waals surface area contributed by atoms with Gasteiger partial charge in [-0.3, -0.25) is 0 Å². The summed E-state index contributed by atoms with van der Waals surface area (Å²) in [4.78, 5) is 8.82. The molecular formula is C21H23N5O2. The van der Waals surface area contributed by atoms with Gasteiger partial charge < -0.3 is 23.8 Å². The van der Waals surface area contributed by atoms with Gasteiger partial charge in [-0.1, -0.05) is 0 Å². The number of pyridine rings is 1. The lowest BCUT2D eigenvalue weighted by Gasteiger charge is -2.08. The van der Waals surface area contributed by atoms with Crippen molar-refractivity contribution < 1.29 is 9.47 Å². The molecule has 0 radical (unpaired) electrons. The standard InChI is InChI=1S/C21H23N5O2/c1-27-17-4-5-18(20(13-17)28-2)19-14-26-10-6-16(12-21(26)24-19)23-7-3-9-25-11-8-22-15-25/h4-6,8,10-15,23H,3,7,9H2,1-2H3. The second-order valence-electron chi connectivity index (χ2n) is 6.45.